The van der Waals surface area contributed by atoms with E-state index in [9.17, 15) is 14.4 Å². The minimum Gasteiger partial charge on any atom is -0.346 e. The van der Waals surface area contributed by atoms with Crippen LogP contribution in [0.5, 0.6) is 0 Å². The van der Waals surface area contributed by atoms with Crippen molar-refractivity contribution < 1.29 is 14.4 Å². The Morgan fingerprint density at radius 1 is 1.10 bits per heavy atom. The second-order valence-electron chi connectivity index (χ2n) is 7.44. The molecule has 3 amide bonds. The number of nitrogens with zero attached hydrogens (tertiary/aromatic N) is 3. The lowest BCUT2D eigenvalue weighted by atomic mass is 10.1. The lowest BCUT2D eigenvalue weighted by Crippen LogP contribution is -2.33. The zero-order chi connectivity index (χ0) is 21.3. The van der Waals surface area contributed by atoms with Crippen molar-refractivity contribution in [1.82, 2.24) is 20.2 Å². The Balaban J connectivity index is 1.45. The van der Waals surface area contributed by atoms with Crippen molar-refractivity contribution in [3.05, 3.63) is 70.5 Å². The number of hydrogen-bond acceptors (Lipinski definition) is 6. The average Bonchev–Trinajstić information content (AvgIpc) is 3.32. The first-order chi connectivity index (χ1) is 14.4. The Kier molecular flexibility index (Phi) is 5.41. The number of carbonyl (C=O) groups excluding carboxylic acids is 3. The Labute approximate surface area is 177 Å². The van der Waals surface area contributed by atoms with E-state index >= 15 is 0 Å². The highest BCUT2D eigenvalue weighted by Crippen LogP contribution is 2.25. The van der Waals surface area contributed by atoms with Gasteiger partial charge in [-0.05, 0) is 36.2 Å². The monoisotopic (exact) mass is 420 g/mol. The molecule has 3 heterocycles. The highest BCUT2D eigenvalue weighted by atomic mass is 32.1. The second-order valence-corrected chi connectivity index (χ2v) is 8.30. The molecule has 0 spiro atoms. The molecule has 0 radical (unpaired) electrons. The highest BCUT2D eigenvalue weighted by molar-refractivity contribution is 7.13. The zero-order valence-electron chi connectivity index (χ0n) is 16.6. The van der Waals surface area contributed by atoms with Crippen LogP contribution in [0.15, 0.2) is 48.1 Å². The van der Waals surface area contributed by atoms with Gasteiger partial charge in [0.2, 0.25) is 0 Å². The molecule has 1 aliphatic heterocycles. The van der Waals surface area contributed by atoms with Crippen LogP contribution < -0.4 is 5.32 Å². The summed E-state index contributed by atoms with van der Waals surface area (Å²) >= 11 is 1.49. The molecular formula is C22H20N4O3S. The quantitative estimate of drug-likeness (QED) is 0.617. The van der Waals surface area contributed by atoms with E-state index < -0.39 is 0 Å². The minimum atomic E-state index is -0.347. The molecule has 0 unspecified atom stereocenters. The van der Waals surface area contributed by atoms with E-state index in [0.717, 1.165) is 16.3 Å². The van der Waals surface area contributed by atoms with Crippen LogP contribution >= 0.6 is 11.3 Å². The number of fused-ring (bicyclic) bond motifs is 1. The number of amides is 3. The van der Waals surface area contributed by atoms with Gasteiger partial charge in [-0.3, -0.25) is 24.3 Å². The van der Waals surface area contributed by atoms with Crippen molar-refractivity contribution in [1.29, 1.82) is 0 Å². The summed E-state index contributed by atoms with van der Waals surface area (Å²) in [5.41, 5.74) is 2.68. The number of thiazole rings is 1. The molecule has 0 saturated carbocycles. The molecule has 0 bridgehead atoms. The second kappa shape index (κ2) is 8.16. The van der Waals surface area contributed by atoms with E-state index in [-0.39, 0.29) is 35.7 Å². The SMILES string of the molecule is CC(C)CN1C(=O)c2ccc(C(=O)NCc3csc(-c4ccncc4)n3)cc2C1=O. The molecule has 2 aromatic heterocycles. The third-order valence-corrected chi connectivity index (χ3v) is 5.63. The molecule has 7 nitrogen and oxygen atoms in total. The normalized spacial score (nSPS) is 13.1. The van der Waals surface area contributed by atoms with Gasteiger partial charge in [-0.25, -0.2) is 4.98 Å². The first-order valence-electron chi connectivity index (χ1n) is 9.57. The smallest absolute Gasteiger partial charge is 0.261 e. The predicted octanol–water partition coefficient (Wildman–Crippen LogP) is 3.39. The summed E-state index contributed by atoms with van der Waals surface area (Å²) < 4.78 is 0. The van der Waals surface area contributed by atoms with Gasteiger partial charge in [0.15, 0.2) is 0 Å². The number of carbonyl (C=O) groups is 3. The maximum Gasteiger partial charge on any atom is 0.261 e. The van der Waals surface area contributed by atoms with Crippen LogP contribution in [-0.4, -0.2) is 39.1 Å². The first kappa shape index (κ1) is 19.9. The van der Waals surface area contributed by atoms with Crippen LogP contribution in [0.4, 0.5) is 0 Å². The summed E-state index contributed by atoms with van der Waals surface area (Å²) in [5, 5.41) is 5.57. The summed E-state index contributed by atoms with van der Waals surface area (Å²) in [6.07, 6.45) is 3.42. The van der Waals surface area contributed by atoms with Crippen LogP contribution in [0.3, 0.4) is 0 Å². The van der Waals surface area contributed by atoms with E-state index in [1.165, 1.54) is 22.3 Å². The number of aromatic nitrogens is 2. The van der Waals surface area contributed by atoms with E-state index in [1.54, 1.807) is 24.5 Å². The number of hydrogen-bond donors (Lipinski definition) is 1. The molecule has 8 heteroatoms. The Morgan fingerprint density at radius 3 is 2.57 bits per heavy atom. The van der Waals surface area contributed by atoms with Crippen molar-refractivity contribution in [3.8, 4) is 10.6 Å². The Bertz CT molecular complexity index is 1120. The summed E-state index contributed by atoms with van der Waals surface area (Å²) in [4.78, 5) is 47.4. The fraction of sp³-hybridized carbons (Fsp3) is 0.227. The molecule has 0 aliphatic carbocycles. The van der Waals surface area contributed by atoms with Crippen molar-refractivity contribution in [3.63, 3.8) is 0 Å². The molecule has 152 valence electrons. The molecule has 3 aromatic rings. The van der Waals surface area contributed by atoms with Gasteiger partial charge in [0, 0.05) is 35.4 Å². The number of rotatable bonds is 6. The van der Waals surface area contributed by atoms with Crippen molar-refractivity contribution in [2.45, 2.75) is 20.4 Å². The van der Waals surface area contributed by atoms with Gasteiger partial charge in [-0.1, -0.05) is 13.8 Å². The topological polar surface area (TPSA) is 92.3 Å². The molecule has 0 fully saturated rings. The molecule has 0 saturated heterocycles. The molecule has 30 heavy (non-hydrogen) atoms. The van der Waals surface area contributed by atoms with Gasteiger partial charge < -0.3 is 5.32 Å². The van der Waals surface area contributed by atoms with Crippen LogP contribution in [0.1, 0.15) is 50.6 Å². The maximum absolute atomic E-state index is 12.6. The summed E-state index contributed by atoms with van der Waals surface area (Å²) in [5.74, 6) is -0.800. The number of imide groups is 1. The molecule has 4 rings (SSSR count). The first-order valence-corrected chi connectivity index (χ1v) is 10.4. The van der Waals surface area contributed by atoms with Crippen LogP contribution in [-0.2, 0) is 6.54 Å². The summed E-state index contributed by atoms with van der Waals surface area (Å²) in [7, 11) is 0. The molecule has 1 aromatic carbocycles. The van der Waals surface area contributed by atoms with E-state index in [2.05, 4.69) is 15.3 Å². The third-order valence-electron chi connectivity index (χ3n) is 4.69. The minimum absolute atomic E-state index is 0.171. The van der Waals surface area contributed by atoms with Gasteiger partial charge in [0.25, 0.3) is 17.7 Å². The van der Waals surface area contributed by atoms with Gasteiger partial charge >= 0.3 is 0 Å². The van der Waals surface area contributed by atoms with Gasteiger partial charge in [-0.2, -0.15) is 0 Å². The highest BCUT2D eigenvalue weighted by Gasteiger charge is 2.36. The fourth-order valence-electron chi connectivity index (χ4n) is 3.25. The standard InChI is InChI=1S/C22H20N4O3S/c1-13(2)11-26-21(28)17-4-3-15(9-18(17)22(26)29)19(27)24-10-16-12-30-20(25-16)14-5-7-23-8-6-14/h3-9,12-13H,10-11H2,1-2H3,(H,24,27). The fourth-order valence-corrected chi connectivity index (χ4v) is 4.08. The summed E-state index contributed by atoms with van der Waals surface area (Å²) in [6, 6.07) is 8.38. The van der Waals surface area contributed by atoms with E-state index in [0.29, 0.717) is 17.7 Å². The lowest BCUT2D eigenvalue weighted by molar-refractivity contribution is 0.0636. The summed E-state index contributed by atoms with van der Waals surface area (Å²) in [6.45, 7) is 4.52. The molecule has 1 N–H and O–H groups in total. The van der Waals surface area contributed by atoms with Crippen LogP contribution in [0, 0.1) is 5.92 Å². The Morgan fingerprint density at radius 2 is 1.83 bits per heavy atom. The van der Waals surface area contributed by atoms with E-state index in [4.69, 9.17) is 0 Å². The number of nitrogens with one attached hydrogen (secondary N) is 1. The average molecular weight is 420 g/mol. The largest absolute Gasteiger partial charge is 0.346 e. The molecule has 1 aliphatic rings. The molecule has 0 atom stereocenters. The van der Waals surface area contributed by atoms with Crippen molar-refractivity contribution >= 4 is 29.1 Å². The lowest BCUT2D eigenvalue weighted by Gasteiger charge is -2.15. The predicted molar refractivity (Wildman–Crippen MR) is 113 cm³/mol. The number of pyridine rings is 1. The van der Waals surface area contributed by atoms with E-state index in [1.807, 2.05) is 31.4 Å². The number of benzene rings is 1. The van der Waals surface area contributed by atoms with Gasteiger partial charge in [-0.15, -0.1) is 11.3 Å². The third kappa shape index (κ3) is 3.86. The van der Waals surface area contributed by atoms with Gasteiger partial charge in [0.1, 0.15) is 5.01 Å². The zero-order valence-corrected chi connectivity index (χ0v) is 17.4. The molecular weight excluding hydrogens is 400 g/mol. The van der Waals surface area contributed by atoms with Crippen LogP contribution in [0.25, 0.3) is 10.6 Å². The van der Waals surface area contributed by atoms with Crippen molar-refractivity contribution in [2.24, 2.45) is 5.92 Å². The Hall–Kier alpha value is -3.39. The maximum atomic E-state index is 12.6. The van der Waals surface area contributed by atoms with Crippen molar-refractivity contribution in [2.75, 3.05) is 6.54 Å². The van der Waals surface area contributed by atoms with Gasteiger partial charge in [0.05, 0.1) is 23.4 Å². The van der Waals surface area contributed by atoms with Crippen LogP contribution in [0.2, 0.25) is 0 Å².